The van der Waals surface area contributed by atoms with Crippen molar-refractivity contribution in [1.29, 1.82) is 0 Å². The van der Waals surface area contributed by atoms with E-state index in [1.807, 2.05) is 31.3 Å². The van der Waals surface area contributed by atoms with Crippen molar-refractivity contribution in [3.05, 3.63) is 41.5 Å². The molecule has 3 rings (SSSR count). The maximum absolute atomic E-state index is 9.33. The molecular formula is C16H21N3O2. The second-order valence-electron chi connectivity index (χ2n) is 5.57. The van der Waals surface area contributed by atoms with Gasteiger partial charge in [0.15, 0.2) is 0 Å². The van der Waals surface area contributed by atoms with Gasteiger partial charge >= 0.3 is 0 Å². The second-order valence-corrected chi connectivity index (χ2v) is 5.57. The van der Waals surface area contributed by atoms with Crippen LogP contribution in [0.1, 0.15) is 48.8 Å². The largest absolute Gasteiger partial charge is 0.485 e. The summed E-state index contributed by atoms with van der Waals surface area (Å²) in [5.41, 5.74) is 2.36. The molecule has 1 aliphatic rings. The van der Waals surface area contributed by atoms with Gasteiger partial charge in [-0.2, -0.15) is 5.10 Å². The van der Waals surface area contributed by atoms with E-state index in [0.29, 0.717) is 24.1 Å². The Morgan fingerprint density at radius 1 is 1.29 bits per heavy atom. The van der Waals surface area contributed by atoms with Crippen molar-refractivity contribution in [2.24, 2.45) is 0 Å². The third-order valence-electron chi connectivity index (χ3n) is 3.96. The summed E-state index contributed by atoms with van der Waals surface area (Å²) < 4.78 is 7.81. The topological polar surface area (TPSA) is 60.2 Å². The molecule has 5 heteroatoms. The minimum absolute atomic E-state index is 0.118. The number of ether oxygens (including phenoxy) is 1. The lowest BCUT2D eigenvalue weighted by molar-refractivity contribution is 0.251. The summed E-state index contributed by atoms with van der Waals surface area (Å²) in [5, 5.41) is 13.9. The number of aryl methyl sites for hydroxylation is 1. The van der Waals surface area contributed by atoms with Crippen LogP contribution < -0.4 is 4.74 Å². The van der Waals surface area contributed by atoms with Crippen molar-refractivity contribution >= 4 is 0 Å². The van der Waals surface area contributed by atoms with Gasteiger partial charge in [0, 0.05) is 11.9 Å². The number of aliphatic hydroxyl groups is 1. The number of hydrogen-bond donors (Lipinski definition) is 1. The van der Waals surface area contributed by atoms with Crippen LogP contribution in [0, 0.1) is 6.92 Å². The predicted molar refractivity (Wildman–Crippen MR) is 79.0 cm³/mol. The summed E-state index contributed by atoms with van der Waals surface area (Å²) >= 11 is 0. The van der Waals surface area contributed by atoms with Crippen LogP contribution in [-0.4, -0.2) is 19.9 Å². The normalized spacial score (nSPS) is 15.5. The lowest BCUT2D eigenvalue weighted by atomic mass is 10.3. The zero-order valence-corrected chi connectivity index (χ0v) is 12.3. The minimum Gasteiger partial charge on any atom is -0.485 e. The van der Waals surface area contributed by atoms with Crippen molar-refractivity contribution in [1.82, 2.24) is 14.8 Å². The summed E-state index contributed by atoms with van der Waals surface area (Å²) in [6.45, 7) is 2.18. The maximum atomic E-state index is 9.33. The highest BCUT2D eigenvalue weighted by atomic mass is 16.5. The predicted octanol–water partition coefficient (Wildman–Crippen LogP) is 2.77. The summed E-state index contributed by atoms with van der Waals surface area (Å²) in [6, 6.07) is 6.28. The molecule has 1 saturated carbocycles. The van der Waals surface area contributed by atoms with Crippen LogP contribution in [0.25, 0.3) is 0 Å². The summed E-state index contributed by atoms with van der Waals surface area (Å²) in [5.74, 6) is 0.624. The van der Waals surface area contributed by atoms with E-state index in [2.05, 4.69) is 14.8 Å². The summed E-state index contributed by atoms with van der Waals surface area (Å²) in [6.07, 6.45) is 7.07. The summed E-state index contributed by atoms with van der Waals surface area (Å²) in [4.78, 5) is 4.27. The van der Waals surface area contributed by atoms with E-state index in [-0.39, 0.29) is 6.61 Å². The van der Waals surface area contributed by atoms with E-state index in [0.717, 1.165) is 11.4 Å². The average Bonchev–Trinajstić information content (AvgIpc) is 3.16. The molecule has 1 N–H and O–H groups in total. The third-order valence-corrected chi connectivity index (χ3v) is 3.96. The fourth-order valence-corrected chi connectivity index (χ4v) is 2.82. The molecule has 0 radical (unpaired) electrons. The van der Waals surface area contributed by atoms with Gasteiger partial charge in [-0.15, -0.1) is 0 Å². The van der Waals surface area contributed by atoms with Crippen molar-refractivity contribution in [3.8, 4) is 5.75 Å². The van der Waals surface area contributed by atoms with Crippen LogP contribution in [0.4, 0.5) is 0 Å². The summed E-state index contributed by atoms with van der Waals surface area (Å²) in [7, 11) is 0. The van der Waals surface area contributed by atoms with Crippen molar-refractivity contribution in [3.63, 3.8) is 0 Å². The molecule has 0 aromatic carbocycles. The van der Waals surface area contributed by atoms with Crippen molar-refractivity contribution in [2.75, 3.05) is 0 Å². The zero-order valence-electron chi connectivity index (χ0n) is 12.3. The van der Waals surface area contributed by atoms with Gasteiger partial charge in [0.05, 0.1) is 18.3 Å². The van der Waals surface area contributed by atoms with Crippen molar-refractivity contribution in [2.45, 2.75) is 51.9 Å². The van der Waals surface area contributed by atoms with Crippen LogP contribution in [-0.2, 0) is 13.2 Å². The van der Waals surface area contributed by atoms with Gasteiger partial charge in [0.1, 0.15) is 18.1 Å². The average molecular weight is 287 g/mol. The Morgan fingerprint density at radius 2 is 2.10 bits per heavy atom. The van der Waals surface area contributed by atoms with Crippen molar-refractivity contribution < 1.29 is 9.84 Å². The molecule has 2 aromatic rings. The van der Waals surface area contributed by atoms with E-state index >= 15 is 0 Å². The SMILES string of the molecule is Cc1ccc(OCc2ccn(C3CCCC3)n2)c(CO)n1. The fraction of sp³-hybridized carbons (Fsp3) is 0.500. The van der Waals surface area contributed by atoms with Crippen LogP contribution in [0.15, 0.2) is 24.4 Å². The Bertz CT molecular complexity index is 603. The Hall–Kier alpha value is -1.88. The highest BCUT2D eigenvalue weighted by Crippen LogP contribution is 2.28. The number of hydrogen-bond acceptors (Lipinski definition) is 4. The Kier molecular flexibility index (Phi) is 4.20. The number of aromatic nitrogens is 3. The van der Waals surface area contributed by atoms with Gasteiger partial charge in [-0.05, 0) is 38.0 Å². The van der Waals surface area contributed by atoms with E-state index in [1.165, 1.54) is 25.7 Å². The standard InChI is InChI=1S/C16H21N3O2/c1-12-6-7-16(15(10-20)17-12)21-11-13-8-9-19(18-13)14-4-2-3-5-14/h6-9,14,20H,2-5,10-11H2,1H3. The first-order valence-corrected chi connectivity index (χ1v) is 7.50. The van der Waals surface area contributed by atoms with Crippen LogP contribution >= 0.6 is 0 Å². The number of rotatable bonds is 5. The zero-order chi connectivity index (χ0) is 14.7. The van der Waals surface area contributed by atoms with Crippen LogP contribution in [0.2, 0.25) is 0 Å². The Morgan fingerprint density at radius 3 is 2.86 bits per heavy atom. The molecule has 21 heavy (non-hydrogen) atoms. The molecule has 0 atom stereocenters. The van der Waals surface area contributed by atoms with Gasteiger partial charge in [0.25, 0.3) is 0 Å². The lowest BCUT2D eigenvalue weighted by Gasteiger charge is -2.10. The first kappa shape index (κ1) is 14.1. The molecule has 0 saturated heterocycles. The van der Waals surface area contributed by atoms with E-state index < -0.39 is 0 Å². The second kappa shape index (κ2) is 6.26. The third kappa shape index (κ3) is 3.24. The number of nitrogens with zero attached hydrogens (tertiary/aromatic N) is 3. The van der Waals surface area contributed by atoms with Gasteiger partial charge in [-0.25, -0.2) is 0 Å². The Balaban J connectivity index is 1.65. The van der Waals surface area contributed by atoms with E-state index in [9.17, 15) is 5.11 Å². The quantitative estimate of drug-likeness (QED) is 0.918. The molecular weight excluding hydrogens is 266 g/mol. The van der Waals surface area contributed by atoms with Crippen LogP contribution in [0.5, 0.6) is 5.75 Å². The minimum atomic E-state index is -0.118. The van der Waals surface area contributed by atoms with Gasteiger partial charge in [-0.1, -0.05) is 12.8 Å². The molecule has 0 spiro atoms. The van der Waals surface area contributed by atoms with Gasteiger partial charge in [-0.3, -0.25) is 9.67 Å². The highest BCUT2D eigenvalue weighted by molar-refractivity contribution is 5.28. The molecule has 0 unspecified atom stereocenters. The highest BCUT2D eigenvalue weighted by Gasteiger charge is 2.17. The molecule has 2 aromatic heterocycles. The van der Waals surface area contributed by atoms with E-state index in [1.54, 1.807) is 0 Å². The molecule has 2 heterocycles. The number of pyridine rings is 1. The molecule has 1 fully saturated rings. The molecule has 0 amide bonds. The Labute approximate surface area is 124 Å². The van der Waals surface area contributed by atoms with Gasteiger partial charge in [0.2, 0.25) is 0 Å². The number of aliphatic hydroxyl groups excluding tert-OH is 1. The fourth-order valence-electron chi connectivity index (χ4n) is 2.82. The van der Waals surface area contributed by atoms with Crippen LogP contribution in [0.3, 0.4) is 0 Å². The van der Waals surface area contributed by atoms with Gasteiger partial charge < -0.3 is 9.84 Å². The van der Waals surface area contributed by atoms with E-state index in [4.69, 9.17) is 4.74 Å². The molecule has 0 aliphatic heterocycles. The molecule has 1 aliphatic carbocycles. The molecule has 0 bridgehead atoms. The first-order valence-electron chi connectivity index (χ1n) is 7.50. The maximum Gasteiger partial charge on any atom is 0.143 e. The first-order chi connectivity index (χ1) is 10.3. The molecule has 112 valence electrons. The lowest BCUT2D eigenvalue weighted by Crippen LogP contribution is -2.07. The molecule has 5 nitrogen and oxygen atoms in total. The monoisotopic (exact) mass is 287 g/mol. The smallest absolute Gasteiger partial charge is 0.143 e.